The molecule has 0 saturated carbocycles. The van der Waals surface area contributed by atoms with Crippen LogP contribution in [0.3, 0.4) is 0 Å². The number of halogens is 4. The van der Waals surface area contributed by atoms with Crippen molar-refractivity contribution < 1.29 is 17.6 Å². The van der Waals surface area contributed by atoms with E-state index in [4.69, 9.17) is 0 Å². The number of benzene rings is 2. The Morgan fingerprint density at radius 1 is 0.778 bits per heavy atom. The van der Waals surface area contributed by atoms with Crippen LogP contribution in [0.25, 0.3) is 0 Å². The van der Waals surface area contributed by atoms with Crippen LogP contribution in [0.2, 0.25) is 0 Å². The summed E-state index contributed by atoms with van der Waals surface area (Å²) in [6.45, 7) is 0. The highest BCUT2D eigenvalue weighted by atomic mass is 19.2. The Balaban J connectivity index is 2.29. The van der Waals surface area contributed by atoms with E-state index in [0.717, 1.165) is 36.5 Å². The zero-order valence-electron chi connectivity index (χ0n) is 9.00. The largest absolute Gasteiger partial charge is 0.253 e. The monoisotopic (exact) mass is 253 g/mol. The molecule has 0 aliphatic heterocycles. The summed E-state index contributed by atoms with van der Waals surface area (Å²) in [7, 11) is 0. The van der Waals surface area contributed by atoms with Gasteiger partial charge in [-0.2, -0.15) is 0 Å². The van der Waals surface area contributed by atoms with Gasteiger partial charge < -0.3 is 0 Å². The molecular weight excluding hydrogens is 246 g/mol. The van der Waals surface area contributed by atoms with Gasteiger partial charge in [0.15, 0.2) is 11.6 Å². The first-order chi connectivity index (χ1) is 8.56. The second-order valence-corrected chi connectivity index (χ2v) is 3.53. The summed E-state index contributed by atoms with van der Waals surface area (Å²) in [6, 6.07) is 5.93. The summed E-state index contributed by atoms with van der Waals surface area (Å²) in [5.74, 6) is -3.34. The maximum absolute atomic E-state index is 13.2. The summed E-state index contributed by atoms with van der Waals surface area (Å²) in [5, 5.41) is 0. The zero-order chi connectivity index (χ0) is 13.1. The molecule has 0 aliphatic carbocycles. The minimum absolute atomic E-state index is 0.209. The molecule has 5 heteroatoms. The second-order valence-electron chi connectivity index (χ2n) is 3.53. The molecule has 0 N–H and O–H groups in total. The normalized spacial score (nSPS) is 11.1. The summed E-state index contributed by atoms with van der Waals surface area (Å²) in [6.07, 6.45) is 1.13. The van der Waals surface area contributed by atoms with Gasteiger partial charge in [-0.1, -0.05) is 6.07 Å². The minimum Gasteiger partial charge on any atom is -0.253 e. The lowest BCUT2D eigenvalue weighted by atomic mass is 10.2. The van der Waals surface area contributed by atoms with Crippen LogP contribution < -0.4 is 0 Å². The Morgan fingerprint density at radius 2 is 1.50 bits per heavy atom. The van der Waals surface area contributed by atoms with Crippen LogP contribution in [0.5, 0.6) is 0 Å². The molecule has 0 bridgehead atoms. The van der Waals surface area contributed by atoms with Gasteiger partial charge in [0.2, 0.25) is 0 Å². The van der Waals surface area contributed by atoms with Gasteiger partial charge in [0.25, 0.3) is 0 Å². The first-order valence-electron chi connectivity index (χ1n) is 5.00. The predicted octanol–water partition coefficient (Wildman–Crippen LogP) is 3.99. The second kappa shape index (κ2) is 5.00. The fourth-order valence-corrected chi connectivity index (χ4v) is 1.32. The third-order valence-corrected chi connectivity index (χ3v) is 2.20. The van der Waals surface area contributed by atoms with Crippen molar-refractivity contribution in [3.63, 3.8) is 0 Å². The van der Waals surface area contributed by atoms with Crippen LogP contribution in [0.1, 0.15) is 5.56 Å². The molecule has 0 fully saturated rings. The molecular formula is C13H7F4N. The molecule has 0 atom stereocenters. The lowest BCUT2D eigenvalue weighted by Gasteiger charge is -1.98. The number of hydrogen-bond donors (Lipinski definition) is 0. The van der Waals surface area contributed by atoms with Crippen molar-refractivity contribution in [3.05, 3.63) is 65.2 Å². The third-order valence-electron chi connectivity index (χ3n) is 2.20. The molecule has 1 nitrogen and oxygen atoms in total. The van der Waals surface area contributed by atoms with Crippen molar-refractivity contribution in [2.24, 2.45) is 4.99 Å². The van der Waals surface area contributed by atoms with Gasteiger partial charge in [-0.05, 0) is 29.8 Å². The summed E-state index contributed by atoms with van der Waals surface area (Å²) in [4.78, 5) is 3.68. The Kier molecular flexibility index (Phi) is 3.41. The van der Waals surface area contributed by atoms with Crippen LogP contribution >= 0.6 is 0 Å². The van der Waals surface area contributed by atoms with Crippen LogP contribution in [-0.4, -0.2) is 6.21 Å². The van der Waals surface area contributed by atoms with Crippen molar-refractivity contribution in [1.29, 1.82) is 0 Å². The topological polar surface area (TPSA) is 12.4 Å². The molecule has 0 aliphatic rings. The molecule has 92 valence electrons. The molecule has 0 amide bonds. The summed E-state index contributed by atoms with van der Waals surface area (Å²) < 4.78 is 51.6. The van der Waals surface area contributed by atoms with Gasteiger partial charge in [0.05, 0.1) is 0 Å². The standard InChI is InChI=1S/C13H7F4N/c14-9-2-4-11(16)13(6-9)18-7-8-1-3-10(15)12(17)5-8/h1-7H. The van der Waals surface area contributed by atoms with Crippen LogP contribution in [-0.2, 0) is 0 Å². The number of hydrogen-bond acceptors (Lipinski definition) is 1. The maximum atomic E-state index is 13.2. The molecule has 0 radical (unpaired) electrons. The number of nitrogens with zero attached hydrogens (tertiary/aromatic N) is 1. The highest BCUT2D eigenvalue weighted by Crippen LogP contribution is 2.18. The van der Waals surface area contributed by atoms with Crippen molar-refractivity contribution in [2.75, 3.05) is 0 Å². The van der Waals surface area contributed by atoms with Gasteiger partial charge in [0.1, 0.15) is 17.3 Å². The molecule has 2 rings (SSSR count). The lowest BCUT2D eigenvalue weighted by Crippen LogP contribution is -1.88. The number of aliphatic imine (C=N–C) groups is 1. The van der Waals surface area contributed by atoms with E-state index in [9.17, 15) is 17.6 Å². The van der Waals surface area contributed by atoms with E-state index in [-0.39, 0.29) is 11.3 Å². The summed E-state index contributed by atoms with van der Waals surface area (Å²) in [5.41, 5.74) is 0.0392. The fraction of sp³-hybridized carbons (Fsp3) is 0. The smallest absolute Gasteiger partial charge is 0.159 e. The van der Waals surface area contributed by atoms with Gasteiger partial charge >= 0.3 is 0 Å². The zero-order valence-corrected chi connectivity index (χ0v) is 9.00. The van der Waals surface area contributed by atoms with Crippen molar-refractivity contribution >= 4 is 11.9 Å². The number of rotatable bonds is 2. The molecule has 18 heavy (non-hydrogen) atoms. The van der Waals surface area contributed by atoms with Crippen molar-refractivity contribution in [3.8, 4) is 0 Å². The first kappa shape index (κ1) is 12.3. The lowest BCUT2D eigenvalue weighted by molar-refractivity contribution is 0.508. The first-order valence-corrected chi connectivity index (χ1v) is 5.00. The Hall–Kier alpha value is -2.17. The van der Waals surface area contributed by atoms with E-state index in [0.29, 0.717) is 0 Å². The van der Waals surface area contributed by atoms with Crippen LogP contribution in [0, 0.1) is 23.3 Å². The van der Waals surface area contributed by atoms with E-state index in [1.165, 1.54) is 6.07 Å². The highest BCUT2D eigenvalue weighted by Gasteiger charge is 2.03. The highest BCUT2D eigenvalue weighted by molar-refractivity contribution is 5.81. The van der Waals surface area contributed by atoms with Crippen LogP contribution in [0.15, 0.2) is 41.4 Å². The van der Waals surface area contributed by atoms with Gasteiger partial charge in [-0.15, -0.1) is 0 Å². The van der Waals surface area contributed by atoms with E-state index < -0.39 is 23.3 Å². The minimum atomic E-state index is -1.03. The van der Waals surface area contributed by atoms with Gasteiger partial charge in [-0.25, -0.2) is 17.6 Å². The molecule has 2 aromatic carbocycles. The van der Waals surface area contributed by atoms with E-state index in [2.05, 4.69) is 4.99 Å². The summed E-state index contributed by atoms with van der Waals surface area (Å²) >= 11 is 0. The van der Waals surface area contributed by atoms with Crippen molar-refractivity contribution in [2.45, 2.75) is 0 Å². The Bertz CT molecular complexity index is 608. The molecule has 0 spiro atoms. The molecule has 0 unspecified atom stereocenters. The van der Waals surface area contributed by atoms with Gasteiger partial charge in [0, 0.05) is 12.3 Å². The Morgan fingerprint density at radius 3 is 2.22 bits per heavy atom. The van der Waals surface area contributed by atoms with E-state index in [1.807, 2.05) is 0 Å². The fourth-order valence-electron chi connectivity index (χ4n) is 1.32. The van der Waals surface area contributed by atoms with Crippen LogP contribution in [0.4, 0.5) is 23.2 Å². The Labute approximate surface area is 100 Å². The molecule has 2 aromatic rings. The maximum Gasteiger partial charge on any atom is 0.159 e. The third kappa shape index (κ3) is 2.74. The molecule has 0 aromatic heterocycles. The van der Waals surface area contributed by atoms with E-state index in [1.54, 1.807) is 0 Å². The predicted molar refractivity (Wildman–Crippen MR) is 60.0 cm³/mol. The van der Waals surface area contributed by atoms with Gasteiger partial charge in [-0.3, -0.25) is 4.99 Å². The molecule has 0 saturated heterocycles. The molecule has 0 heterocycles. The van der Waals surface area contributed by atoms with Crippen molar-refractivity contribution in [1.82, 2.24) is 0 Å². The van der Waals surface area contributed by atoms with E-state index >= 15 is 0 Å². The quantitative estimate of drug-likeness (QED) is 0.566. The average molecular weight is 253 g/mol. The SMILES string of the molecule is Fc1ccc(F)c(N=Cc2ccc(F)c(F)c2)c1. The average Bonchev–Trinajstić information content (AvgIpc) is 2.34.